The molecule has 0 N–H and O–H groups in total. The van der Waals surface area contributed by atoms with E-state index in [1.807, 2.05) is 25.2 Å². The molecule has 0 spiro atoms. The lowest BCUT2D eigenvalue weighted by Crippen LogP contribution is -2.18. The Labute approximate surface area is 119 Å². The van der Waals surface area contributed by atoms with Gasteiger partial charge in [-0.25, -0.2) is 9.97 Å². The highest BCUT2D eigenvalue weighted by Crippen LogP contribution is 2.19. The molecular formula is C12H11ClIN3. The highest BCUT2D eigenvalue weighted by atomic mass is 127. The molecular weight excluding hydrogens is 349 g/mol. The van der Waals surface area contributed by atoms with Gasteiger partial charge in [0.25, 0.3) is 0 Å². The van der Waals surface area contributed by atoms with Crippen LogP contribution in [-0.2, 0) is 6.54 Å². The Hall–Kier alpha value is -0.880. The Morgan fingerprint density at radius 3 is 2.94 bits per heavy atom. The maximum atomic E-state index is 5.96. The fourth-order valence-corrected chi connectivity index (χ4v) is 2.50. The Kier molecular flexibility index (Phi) is 4.17. The van der Waals surface area contributed by atoms with Crippen molar-refractivity contribution < 1.29 is 0 Å². The van der Waals surface area contributed by atoms with Crippen molar-refractivity contribution in [3.05, 3.63) is 50.9 Å². The largest absolute Gasteiger partial charge is 0.354 e. The van der Waals surface area contributed by atoms with Crippen molar-refractivity contribution in [2.75, 3.05) is 11.9 Å². The van der Waals surface area contributed by atoms with E-state index in [0.717, 1.165) is 26.5 Å². The molecule has 0 aliphatic rings. The van der Waals surface area contributed by atoms with Crippen molar-refractivity contribution in [3.63, 3.8) is 0 Å². The van der Waals surface area contributed by atoms with Gasteiger partial charge in [-0.3, -0.25) is 0 Å². The molecule has 1 aromatic carbocycles. The Balaban J connectivity index is 2.17. The predicted molar refractivity (Wildman–Crippen MR) is 78.3 cm³/mol. The van der Waals surface area contributed by atoms with Gasteiger partial charge in [-0.15, -0.1) is 0 Å². The average molecular weight is 360 g/mol. The maximum Gasteiger partial charge on any atom is 0.145 e. The van der Waals surface area contributed by atoms with Crippen LogP contribution in [0, 0.1) is 3.57 Å². The van der Waals surface area contributed by atoms with Gasteiger partial charge < -0.3 is 4.90 Å². The first-order valence-corrected chi connectivity index (χ1v) is 6.53. The van der Waals surface area contributed by atoms with Crippen LogP contribution >= 0.6 is 34.2 Å². The molecule has 1 heterocycles. The quantitative estimate of drug-likeness (QED) is 0.787. The molecule has 0 amide bonds. The zero-order chi connectivity index (χ0) is 12.3. The molecule has 0 aliphatic carbocycles. The summed E-state index contributed by atoms with van der Waals surface area (Å²) >= 11 is 8.19. The van der Waals surface area contributed by atoms with E-state index in [2.05, 4.69) is 43.5 Å². The molecule has 0 unspecified atom stereocenters. The van der Waals surface area contributed by atoms with Crippen LogP contribution in [0.15, 0.2) is 36.8 Å². The minimum atomic E-state index is 0.758. The third kappa shape index (κ3) is 3.29. The number of hydrogen-bond donors (Lipinski definition) is 0. The van der Waals surface area contributed by atoms with Crippen molar-refractivity contribution in [1.29, 1.82) is 0 Å². The second-order valence-corrected chi connectivity index (χ2v) is 5.28. The van der Waals surface area contributed by atoms with Gasteiger partial charge in [0, 0.05) is 24.8 Å². The van der Waals surface area contributed by atoms with E-state index in [0.29, 0.717) is 0 Å². The number of benzene rings is 1. The summed E-state index contributed by atoms with van der Waals surface area (Å²) in [4.78, 5) is 10.3. The van der Waals surface area contributed by atoms with Crippen LogP contribution in [0.3, 0.4) is 0 Å². The Morgan fingerprint density at radius 1 is 1.41 bits per heavy atom. The van der Waals surface area contributed by atoms with E-state index in [-0.39, 0.29) is 0 Å². The number of rotatable bonds is 3. The van der Waals surface area contributed by atoms with Gasteiger partial charge in [0.15, 0.2) is 0 Å². The number of anilines is 1. The van der Waals surface area contributed by atoms with Crippen LogP contribution in [0.5, 0.6) is 0 Å². The SMILES string of the molecule is CN(Cc1cccc(Cl)c1)c1ncncc1I. The Bertz CT molecular complexity index is 519. The van der Waals surface area contributed by atoms with Crippen LogP contribution < -0.4 is 4.90 Å². The molecule has 17 heavy (non-hydrogen) atoms. The zero-order valence-electron chi connectivity index (χ0n) is 9.27. The summed E-state index contributed by atoms with van der Waals surface area (Å²) in [6.45, 7) is 0.771. The van der Waals surface area contributed by atoms with Crippen molar-refractivity contribution in [1.82, 2.24) is 9.97 Å². The van der Waals surface area contributed by atoms with Crippen molar-refractivity contribution in [2.24, 2.45) is 0 Å². The normalized spacial score (nSPS) is 10.3. The number of aromatic nitrogens is 2. The predicted octanol–water partition coefficient (Wildman–Crippen LogP) is 3.37. The van der Waals surface area contributed by atoms with Gasteiger partial charge in [0.2, 0.25) is 0 Å². The minimum Gasteiger partial charge on any atom is -0.354 e. The van der Waals surface area contributed by atoms with Crippen LogP contribution in [0.2, 0.25) is 5.02 Å². The second kappa shape index (κ2) is 5.64. The Morgan fingerprint density at radius 2 is 2.24 bits per heavy atom. The molecule has 1 aromatic heterocycles. The minimum absolute atomic E-state index is 0.758. The van der Waals surface area contributed by atoms with E-state index in [4.69, 9.17) is 11.6 Å². The van der Waals surface area contributed by atoms with Crippen LogP contribution in [0.4, 0.5) is 5.82 Å². The molecule has 88 valence electrons. The smallest absolute Gasteiger partial charge is 0.145 e. The first-order valence-electron chi connectivity index (χ1n) is 5.08. The summed E-state index contributed by atoms with van der Waals surface area (Å²) in [5, 5.41) is 0.758. The molecule has 0 saturated carbocycles. The van der Waals surface area contributed by atoms with Gasteiger partial charge in [-0.05, 0) is 40.3 Å². The molecule has 0 atom stereocenters. The van der Waals surface area contributed by atoms with Crippen molar-refractivity contribution >= 4 is 40.0 Å². The summed E-state index contributed by atoms with van der Waals surface area (Å²) < 4.78 is 1.04. The topological polar surface area (TPSA) is 29.0 Å². The first kappa shape index (κ1) is 12.6. The first-order chi connectivity index (χ1) is 8.16. The molecule has 0 saturated heterocycles. The van der Waals surface area contributed by atoms with Crippen LogP contribution in [0.25, 0.3) is 0 Å². The molecule has 0 bridgehead atoms. The van der Waals surface area contributed by atoms with E-state index < -0.39 is 0 Å². The molecule has 0 radical (unpaired) electrons. The van der Waals surface area contributed by atoms with Gasteiger partial charge in [-0.1, -0.05) is 23.7 Å². The lowest BCUT2D eigenvalue weighted by molar-refractivity contribution is 0.885. The average Bonchev–Trinajstić information content (AvgIpc) is 2.29. The van der Waals surface area contributed by atoms with Gasteiger partial charge in [-0.2, -0.15) is 0 Å². The zero-order valence-corrected chi connectivity index (χ0v) is 12.2. The molecule has 0 fully saturated rings. The van der Waals surface area contributed by atoms with Gasteiger partial charge in [0.1, 0.15) is 12.1 Å². The van der Waals surface area contributed by atoms with Gasteiger partial charge in [0.05, 0.1) is 3.57 Å². The summed E-state index contributed by atoms with van der Waals surface area (Å²) in [5.74, 6) is 0.931. The van der Waals surface area contributed by atoms with E-state index in [1.165, 1.54) is 0 Å². The highest BCUT2D eigenvalue weighted by Gasteiger charge is 2.07. The lowest BCUT2D eigenvalue weighted by Gasteiger charge is -2.19. The molecule has 0 aliphatic heterocycles. The summed E-state index contributed by atoms with van der Waals surface area (Å²) in [5.41, 5.74) is 1.16. The summed E-state index contributed by atoms with van der Waals surface area (Å²) in [6, 6.07) is 7.85. The monoisotopic (exact) mass is 359 g/mol. The van der Waals surface area contributed by atoms with E-state index in [1.54, 1.807) is 12.5 Å². The lowest BCUT2D eigenvalue weighted by atomic mass is 10.2. The highest BCUT2D eigenvalue weighted by molar-refractivity contribution is 14.1. The third-order valence-corrected chi connectivity index (χ3v) is 3.31. The number of nitrogens with zero attached hydrogens (tertiary/aromatic N) is 3. The van der Waals surface area contributed by atoms with Crippen molar-refractivity contribution in [2.45, 2.75) is 6.54 Å². The molecule has 2 aromatic rings. The maximum absolute atomic E-state index is 5.96. The standard InChI is InChI=1S/C12H11ClIN3/c1-17(12-11(14)6-15-8-16-12)7-9-3-2-4-10(13)5-9/h2-6,8H,7H2,1H3. The second-order valence-electron chi connectivity index (χ2n) is 3.68. The van der Waals surface area contributed by atoms with Crippen LogP contribution in [0.1, 0.15) is 5.56 Å². The summed E-state index contributed by atoms with van der Waals surface area (Å²) in [6.07, 6.45) is 3.36. The number of hydrogen-bond acceptors (Lipinski definition) is 3. The van der Waals surface area contributed by atoms with Crippen molar-refractivity contribution in [3.8, 4) is 0 Å². The fourth-order valence-electron chi connectivity index (χ4n) is 1.57. The van der Waals surface area contributed by atoms with E-state index in [9.17, 15) is 0 Å². The van der Waals surface area contributed by atoms with Crippen LogP contribution in [-0.4, -0.2) is 17.0 Å². The fraction of sp³-hybridized carbons (Fsp3) is 0.167. The van der Waals surface area contributed by atoms with Gasteiger partial charge >= 0.3 is 0 Å². The third-order valence-electron chi connectivity index (χ3n) is 2.32. The number of halogens is 2. The van der Waals surface area contributed by atoms with E-state index >= 15 is 0 Å². The molecule has 2 rings (SSSR count). The molecule has 5 heteroatoms. The summed E-state index contributed by atoms with van der Waals surface area (Å²) in [7, 11) is 2.01. The molecule has 3 nitrogen and oxygen atoms in total.